The molecule has 1 aliphatic heterocycles. The number of hydrogen-bond acceptors (Lipinski definition) is 5. The van der Waals surface area contributed by atoms with Gasteiger partial charge >= 0.3 is 6.09 Å². The molecule has 9 heteroatoms. The molecule has 1 aliphatic rings. The number of H-pyrrole nitrogens is 1. The molecule has 0 aliphatic carbocycles. The Morgan fingerprint density at radius 3 is 2.72 bits per heavy atom. The number of unbranched alkanes of at least 4 members (excludes halogenated alkanes) is 2. The average molecular weight is 458 g/mol. The molecule has 8 nitrogen and oxygen atoms in total. The summed E-state index contributed by atoms with van der Waals surface area (Å²) in [7, 11) is -1.57. The highest BCUT2D eigenvalue weighted by atomic mass is 32.2. The van der Waals surface area contributed by atoms with Gasteiger partial charge in [0, 0.05) is 42.2 Å². The van der Waals surface area contributed by atoms with Gasteiger partial charge in [0.2, 0.25) is 0 Å². The summed E-state index contributed by atoms with van der Waals surface area (Å²) in [5.74, 6) is -0.114. The third-order valence-electron chi connectivity index (χ3n) is 5.68. The third-order valence-corrected chi connectivity index (χ3v) is 6.54. The van der Waals surface area contributed by atoms with Crippen LogP contribution in [0.25, 0.3) is 22.0 Å². The topological polar surface area (TPSA) is 101 Å². The number of aryl methyl sites for hydroxylation is 1. The summed E-state index contributed by atoms with van der Waals surface area (Å²) in [6.07, 6.45) is 7.00. The summed E-state index contributed by atoms with van der Waals surface area (Å²) in [6.45, 7) is 2.66. The van der Waals surface area contributed by atoms with Crippen LogP contribution < -0.4 is 10.5 Å². The number of aromatic nitrogens is 2. The van der Waals surface area contributed by atoms with Crippen LogP contribution in [0.5, 0.6) is 0 Å². The Bertz CT molecular complexity index is 1350. The molecule has 0 saturated heterocycles. The van der Waals surface area contributed by atoms with Crippen LogP contribution >= 0.6 is 0 Å². The first-order valence-corrected chi connectivity index (χ1v) is 12.7. The monoisotopic (exact) mass is 457 g/mol. The summed E-state index contributed by atoms with van der Waals surface area (Å²) < 4.78 is 30.8. The van der Waals surface area contributed by atoms with Gasteiger partial charge in [-0.25, -0.2) is 13.2 Å². The fraction of sp³-hybridized carbons (Fsp3) is 0.391. The van der Waals surface area contributed by atoms with Crippen LogP contribution in [0.15, 0.2) is 35.4 Å². The molecule has 1 amide bonds. The van der Waals surface area contributed by atoms with Crippen molar-refractivity contribution in [2.45, 2.75) is 38.5 Å². The molecule has 170 valence electrons. The van der Waals surface area contributed by atoms with Crippen molar-refractivity contribution >= 4 is 32.5 Å². The fourth-order valence-electron chi connectivity index (χ4n) is 4.20. The van der Waals surface area contributed by atoms with E-state index in [1.54, 1.807) is 42.5 Å². The Morgan fingerprint density at radius 2 is 2.00 bits per heavy atom. The van der Waals surface area contributed by atoms with E-state index in [9.17, 15) is 18.0 Å². The molecule has 2 aromatic heterocycles. The molecule has 0 radical (unpaired) electrons. The summed E-state index contributed by atoms with van der Waals surface area (Å²) >= 11 is 0. The van der Waals surface area contributed by atoms with E-state index in [1.165, 1.54) is 10.8 Å². The highest BCUT2D eigenvalue weighted by Crippen LogP contribution is 2.41. The fourth-order valence-corrected chi connectivity index (χ4v) is 4.98. The molecule has 1 aromatic carbocycles. The third kappa shape index (κ3) is 4.17. The van der Waals surface area contributed by atoms with Crippen molar-refractivity contribution < 1.29 is 17.9 Å². The Kier molecular flexibility index (Phi) is 5.85. The maximum atomic E-state index is 13.0. The molecule has 0 fully saturated rings. The van der Waals surface area contributed by atoms with Crippen LogP contribution in [0.2, 0.25) is 0 Å². The van der Waals surface area contributed by atoms with Gasteiger partial charge in [-0.15, -0.1) is 0 Å². The van der Waals surface area contributed by atoms with E-state index in [2.05, 4.69) is 11.9 Å². The predicted octanol–water partition coefficient (Wildman–Crippen LogP) is 3.73. The molecule has 3 aromatic rings. The molecular weight excluding hydrogens is 430 g/mol. The van der Waals surface area contributed by atoms with Gasteiger partial charge in [0.25, 0.3) is 5.56 Å². The molecule has 4 rings (SSSR count). The number of ether oxygens (including phenoxy) is 1. The van der Waals surface area contributed by atoms with Gasteiger partial charge < -0.3 is 14.3 Å². The van der Waals surface area contributed by atoms with E-state index < -0.39 is 15.9 Å². The van der Waals surface area contributed by atoms with E-state index in [0.717, 1.165) is 35.8 Å². The number of carbonyl (C=O) groups is 1. The standard InChI is InChI=1S/C23H27N3O5S/c1-4-5-6-9-31-23(28)26-12-16-11-24-21-20(16)18(13-25(2)22(21)27)17-10-15(7-8-19(17)26)14-32(3,29)30/h7-8,10-11,13,24H,4-6,9,12,14H2,1-3H3. The molecule has 0 atom stereocenters. The zero-order chi connectivity index (χ0) is 23.0. The van der Waals surface area contributed by atoms with Crippen LogP contribution in [0.3, 0.4) is 0 Å². The van der Waals surface area contributed by atoms with Crippen LogP contribution in [0, 0.1) is 0 Å². The predicted molar refractivity (Wildman–Crippen MR) is 125 cm³/mol. The lowest BCUT2D eigenvalue weighted by molar-refractivity contribution is 0.151. The van der Waals surface area contributed by atoms with Crippen molar-refractivity contribution in [1.82, 2.24) is 9.55 Å². The molecular formula is C23H27N3O5S. The zero-order valence-electron chi connectivity index (χ0n) is 18.5. The van der Waals surface area contributed by atoms with Gasteiger partial charge in [-0.1, -0.05) is 25.8 Å². The summed E-state index contributed by atoms with van der Waals surface area (Å²) in [4.78, 5) is 30.3. The van der Waals surface area contributed by atoms with Crippen molar-refractivity contribution in [2.75, 3.05) is 17.8 Å². The number of aromatic amines is 1. The maximum absolute atomic E-state index is 13.0. The molecule has 3 heterocycles. The Morgan fingerprint density at radius 1 is 1.22 bits per heavy atom. The first kappa shape index (κ1) is 22.1. The van der Waals surface area contributed by atoms with Gasteiger partial charge in [0.15, 0.2) is 9.84 Å². The second kappa shape index (κ2) is 8.46. The number of sulfone groups is 1. The lowest BCUT2D eigenvalue weighted by Gasteiger charge is -2.23. The minimum absolute atomic E-state index is 0.114. The maximum Gasteiger partial charge on any atom is 0.414 e. The normalized spacial score (nSPS) is 13.2. The smallest absolute Gasteiger partial charge is 0.414 e. The van der Waals surface area contributed by atoms with Gasteiger partial charge in [-0.3, -0.25) is 9.69 Å². The number of benzene rings is 1. The van der Waals surface area contributed by atoms with E-state index in [-0.39, 0.29) is 17.9 Å². The van der Waals surface area contributed by atoms with Crippen LogP contribution in [0.4, 0.5) is 10.5 Å². The molecule has 0 unspecified atom stereocenters. The van der Waals surface area contributed by atoms with E-state index >= 15 is 0 Å². The quantitative estimate of drug-likeness (QED) is 0.569. The Labute approximate surface area is 186 Å². The molecule has 0 bridgehead atoms. The highest BCUT2D eigenvalue weighted by molar-refractivity contribution is 7.89. The minimum atomic E-state index is -3.24. The molecule has 1 N–H and O–H groups in total. The first-order chi connectivity index (χ1) is 15.2. The van der Waals surface area contributed by atoms with Gasteiger partial charge in [-0.05, 0) is 29.7 Å². The number of nitrogens with one attached hydrogen (secondary N) is 1. The van der Waals surface area contributed by atoms with Gasteiger partial charge in [-0.2, -0.15) is 0 Å². The summed E-state index contributed by atoms with van der Waals surface area (Å²) in [5.41, 5.74) is 3.79. The Balaban J connectivity index is 1.87. The second-order valence-corrected chi connectivity index (χ2v) is 10.5. The molecule has 0 saturated carbocycles. The van der Waals surface area contributed by atoms with Crippen LogP contribution in [-0.4, -0.2) is 36.9 Å². The molecule has 32 heavy (non-hydrogen) atoms. The van der Waals surface area contributed by atoms with E-state index in [1.807, 2.05) is 0 Å². The van der Waals surface area contributed by atoms with Crippen molar-refractivity contribution in [3.05, 3.63) is 52.1 Å². The first-order valence-electron chi connectivity index (χ1n) is 10.6. The number of amides is 1. The van der Waals surface area contributed by atoms with Crippen molar-refractivity contribution in [3.63, 3.8) is 0 Å². The number of hydrogen-bond donors (Lipinski definition) is 1. The van der Waals surface area contributed by atoms with Crippen LogP contribution in [0.1, 0.15) is 37.3 Å². The summed E-state index contributed by atoms with van der Waals surface area (Å²) in [5, 5.41) is 0.743. The SMILES string of the molecule is CCCCCOC(=O)N1Cc2c[nH]c3c(=O)n(C)cc(c23)-c2cc(CS(C)(=O)=O)ccc21. The van der Waals surface area contributed by atoms with Crippen molar-refractivity contribution in [1.29, 1.82) is 0 Å². The van der Waals surface area contributed by atoms with Crippen LogP contribution in [-0.2, 0) is 33.9 Å². The number of fused-ring (bicyclic) bond motifs is 2. The number of carbonyl (C=O) groups excluding carboxylic acids is 1. The van der Waals surface area contributed by atoms with Crippen molar-refractivity contribution in [2.24, 2.45) is 7.05 Å². The van der Waals surface area contributed by atoms with E-state index in [0.29, 0.717) is 28.9 Å². The number of pyridine rings is 1. The zero-order valence-corrected chi connectivity index (χ0v) is 19.3. The Hall–Kier alpha value is -3.07. The lowest BCUT2D eigenvalue weighted by Crippen LogP contribution is -2.31. The largest absolute Gasteiger partial charge is 0.449 e. The minimum Gasteiger partial charge on any atom is -0.449 e. The van der Waals surface area contributed by atoms with Gasteiger partial charge in [0.1, 0.15) is 5.52 Å². The number of anilines is 1. The summed E-state index contributed by atoms with van der Waals surface area (Å²) in [6, 6.07) is 5.27. The van der Waals surface area contributed by atoms with E-state index in [4.69, 9.17) is 4.74 Å². The van der Waals surface area contributed by atoms with Crippen molar-refractivity contribution in [3.8, 4) is 11.1 Å². The molecule has 0 spiro atoms. The van der Waals surface area contributed by atoms with Gasteiger partial charge in [0.05, 0.1) is 24.6 Å². The number of rotatable bonds is 6. The lowest BCUT2D eigenvalue weighted by atomic mass is 9.99. The number of nitrogens with zero attached hydrogens (tertiary/aromatic N) is 2. The second-order valence-electron chi connectivity index (χ2n) is 8.35. The highest BCUT2D eigenvalue weighted by Gasteiger charge is 2.29. The average Bonchev–Trinajstić information content (AvgIpc) is 3.09.